The van der Waals surface area contributed by atoms with Gasteiger partial charge in [-0.2, -0.15) is 4.98 Å². The molecular weight excluding hydrogens is 206 g/mol. The SMILES string of the molecule is CCc1noc(Cn2cnc(CNC)c2)n1. The molecule has 0 aliphatic carbocycles. The molecule has 2 aromatic heterocycles. The van der Waals surface area contributed by atoms with E-state index in [2.05, 4.69) is 20.4 Å². The first-order chi connectivity index (χ1) is 7.81. The van der Waals surface area contributed by atoms with Crippen molar-refractivity contribution in [3.63, 3.8) is 0 Å². The topological polar surface area (TPSA) is 68.8 Å². The Kier molecular flexibility index (Phi) is 3.31. The highest BCUT2D eigenvalue weighted by molar-refractivity contribution is 4.98. The van der Waals surface area contributed by atoms with Crippen molar-refractivity contribution in [3.8, 4) is 0 Å². The van der Waals surface area contributed by atoms with Gasteiger partial charge in [-0.15, -0.1) is 0 Å². The third-order valence-electron chi connectivity index (χ3n) is 2.19. The van der Waals surface area contributed by atoms with Crippen molar-refractivity contribution < 1.29 is 4.52 Å². The molecule has 0 aliphatic rings. The van der Waals surface area contributed by atoms with E-state index in [0.29, 0.717) is 12.4 Å². The highest BCUT2D eigenvalue weighted by Crippen LogP contribution is 2.03. The third-order valence-corrected chi connectivity index (χ3v) is 2.19. The van der Waals surface area contributed by atoms with Gasteiger partial charge in [0.1, 0.15) is 6.54 Å². The van der Waals surface area contributed by atoms with Crippen molar-refractivity contribution in [1.82, 2.24) is 25.0 Å². The highest BCUT2D eigenvalue weighted by Gasteiger charge is 2.05. The predicted octanol–water partition coefficient (Wildman–Crippen LogP) is 0.596. The van der Waals surface area contributed by atoms with E-state index < -0.39 is 0 Å². The summed E-state index contributed by atoms with van der Waals surface area (Å²) in [5.41, 5.74) is 0.998. The van der Waals surface area contributed by atoms with Crippen LogP contribution < -0.4 is 5.32 Å². The van der Waals surface area contributed by atoms with Crippen LogP contribution in [0.25, 0.3) is 0 Å². The van der Waals surface area contributed by atoms with Crippen LogP contribution in [0.2, 0.25) is 0 Å². The van der Waals surface area contributed by atoms with Gasteiger partial charge in [0.15, 0.2) is 5.82 Å². The summed E-state index contributed by atoms with van der Waals surface area (Å²) in [7, 11) is 1.89. The van der Waals surface area contributed by atoms with E-state index in [1.807, 2.05) is 24.7 Å². The molecule has 2 rings (SSSR count). The minimum atomic E-state index is 0.573. The Balaban J connectivity index is 2.02. The molecule has 2 aromatic rings. The second kappa shape index (κ2) is 4.89. The quantitative estimate of drug-likeness (QED) is 0.800. The second-order valence-electron chi connectivity index (χ2n) is 3.53. The summed E-state index contributed by atoms with van der Waals surface area (Å²) < 4.78 is 7.03. The molecule has 6 heteroatoms. The summed E-state index contributed by atoms with van der Waals surface area (Å²) in [6.07, 6.45) is 4.52. The molecule has 0 saturated carbocycles. The molecule has 0 amide bonds. The van der Waals surface area contributed by atoms with E-state index in [1.54, 1.807) is 6.33 Å². The summed E-state index contributed by atoms with van der Waals surface area (Å²) in [4.78, 5) is 8.48. The van der Waals surface area contributed by atoms with Crippen LogP contribution in [-0.4, -0.2) is 26.7 Å². The molecule has 2 heterocycles. The highest BCUT2D eigenvalue weighted by atomic mass is 16.5. The largest absolute Gasteiger partial charge is 0.337 e. The predicted molar refractivity (Wildman–Crippen MR) is 57.8 cm³/mol. The number of hydrogen-bond donors (Lipinski definition) is 1. The van der Waals surface area contributed by atoms with Crippen LogP contribution in [0.1, 0.15) is 24.3 Å². The zero-order valence-corrected chi connectivity index (χ0v) is 9.47. The summed E-state index contributed by atoms with van der Waals surface area (Å²) in [5, 5.41) is 6.89. The van der Waals surface area contributed by atoms with Gasteiger partial charge in [-0.25, -0.2) is 4.98 Å². The maximum atomic E-state index is 5.10. The minimum absolute atomic E-state index is 0.573. The Morgan fingerprint density at radius 1 is 1.50 bits per heavy atom. The molecule has 16 heavy (non-hydrogen) atoms. The van der Waals surface area contributed by atoms with Crippen molar-refractivity contribution in [3.05, 3.63) is 29.9 Å². The van der Waals surface area contributed by atoms with E-state index in [4.69, 9.17) is 4.52 Å². The van der Waals surface area contributed by atoms with Crippen LogP contribution in [0.4, 0.5) is 0 Å². The molecule has 0 aromatic carbocycles. The molecule has 0 aliphatic heterocycles. The number of hydrogen-bond acceptors (Lipinski definition) is 5. The van der Waals surface area contributed by atoms with E-state index in [9.17, 15) is 0 Å². The fraction of sp³-hybridized carbons (Fsp3) is 0.500. The van der Waals surface area contributed by atoms with Crippen molar-refractivity contribution in [2.45, 2.75) is 26.4 Å². The van der Waals surface area contributed by atoms with Gasteiger partial charge < -0.3 is 14.4 Å². The van der Waals surface area contributed by atoms with Crippen molar-refractivity contribution in [2.24, 2.45) is 0 Å². The van der Waals surface area contributed by atoms with E-state index in [1.165, 1.54) is 0 Å². The average molecular weight is 221 g/mol. The number of imidazole rings is 1. The van der Waals surface area contributed by atoms with E-state index in [-0.39, 0.29) is 0 Å². The summed E-state index contributed by atoms with van der Waals surface area (Å²) in [6, 6.07) is 0. The summed E-state index contributed by atoms with van der Waals surface area (Å²) in [5.74, 6) is 1.36. The van der Waals surface area contributed by atoms with Crippen LogP contribution in [0.15, 0.2) is 17.0 Å². The Morgan fingerprint density at radius 3 is 3.06 bits per heavy atom. The first kappa shape index (κ1) is 10.8. The van der Waals surface area contributed by atoms with Crippen LogP contribution >= 0.6 is 0 Å². The number of nitrogens with zero attached hydrogens (tertiary/aromatic N) is 4. The molecule has 0 unspecified atom stereocenters. The molecule has 86 valence electrons. The van der Waals surface area contributed by atoms with Gasteiger partial charge >= 0.3 is 0 Å². The van der Waals surface area contributed by atoms with Crippen molar-refractivity contribution in [2.75, 3.05) is 7.05 Å². The van der Waals surface area contributed by atoms with Gasteiger partial charge in [-0.3, -0.25) is 0 Å². The van der Waals surface area contributed by atoms with Gasteiger partial charge in [0.25, 0.3) is 0 Å². The number of rotatable bonds is 5. The maximum Gasteiger partial charge on any atom is 0.246 e. The van der Waals surface area contributed by atoms with Gasteiger partial charge in [-0.1, -0.05) is 12.1 Å². The first-order valence-electron chi connectivity index (χ1n) is 5.28. The molecule has 0 bridgehead atoms. The minimum Gasteiger partial charge on any atom is -0.337 e. The first-order valence-corrected chi connectivity index (χ1v) is 5.28. The lowest BCUT2D eigenvalue weighted by atomic mass is 10.4. The van der Waals surface area contributed by atoms with Gasteiger partial charge in [0.2, 0.25) is 5.89 Å². The zero-order valence-electron chi connectivity index (χ0n) is 9.47. The third kappa shape index (κ3) is 2.46. The number of aryl methyl sites for hydroxylation is 1. The van der Waals surface area contributed by atoms with Crippen LogP contribution in [0.5, 0.6) is 0 Å². The number of aromatic nitrogens is 4. The van der Waals surface area contributed by atoms with Crippen molar-refractivity contribution >= 4 is 0 Å². The molecule has 0 radical (unpaired) electrons. The van der Waals surface area contributed by atoms with Crippen LogP contribution in [0, 0.1) is 0 Å². The van der Waals surface area contributed by atoms with Crippen LogP contribution in [0.3, 0.4) is 0 Å². The molecule has 6 nitrogen and oxygen atoms in total. The zero-order chi connectivity index (χ0) is 11.4. The molecule has 1 N–H and O–H groups in total. The fourth-order valence-electron chi connectivity index (χ4n) is 1.42. The van der Waals surface area contributed by atoms with Gasteiger partial charge in [0, 0.05) is 19.2 Å². The Morgan fingerprint density at radius 2 is 2.38 bits per heavy atom. The lowest BCUT2D eigenvalue weighted by molar-refractivity contribution is 0.366. The van der Waals surface area contributed by atoms with Crippen LogP contribution in [-0.2, 0) is 19.5 Å². The molecule has 0 saturated heterocycles. The smallest absolute Gasteiger partial charge is 0.246 e. The maximum absolute atomic E-state index is 5.10. The lowest BCUT2D eigenvalue weighted by Crippen LogP contribution is -2.05. The Bertz CT molecular complexity index is 448. The molecule has 0 spiro atoms. The van der Waals surface area contributed by atoms with Gasteiger partial charge in [0.05, 0.1) is 12.0 Å². The summed E-state index contributed by atoms with van der Waals surface area (Å²) >= 11 is 0. The summed E-state index contributed by atoms with van der Waals surface area (Å²) in [6.45, 7) is 3.33. The standard InChI is InChI=1S/C10H15N5O/c1-3-9-13-10(16-14-9)6-15-5-8(4-11-2)12-7-15/h5,7,11H,3-4,6H2,1-2H3. The average Bonchev–Trinajstić information content (AvgIpc) is 2.89. The molecule has 0 fully saturated rings. The lowest BCUT2D eigenvalue weighted by Gasteiger charge is -1.95. The molecular formula is C10H15N5O. The second-order valence-corrected chi connectivity index (χ2v) is 3.53. The van der Waals surface area contributed by atoms with E-state index >= 15 is 0 Å². The fourth-order valence-corrected chi connectivity index (χ4v) is 1.42. The Hall–Kier alpha value is -1.69. The van der Waals surface area contributed by atoms with E-state index in [0.717, 1.165) is 24.5 Å². The van der Waals surface area contributed by atoms with Gasteiger partial charge in [-0.05, 0) is 7.05 Å². The molecule has 0 atom stereocenters. The Labute approximate surface area is 93.7 Å². The normalized spacial score (nSPS) is 10.9. The monoisotopic (exact) mass is 221 g/mol. The number of nitrogens with one attached hydrogen (secondary N) is 1. The van der Waals surface area contributed by atoms with Crippen molar-refractivity contribution in [1.29, 1.82) is 0 Å².